The minimum atomic E-state index is -0.583. The average Bonchev–Trinajstić information content (AvgIpc) is 2.28. The van der Waals surface area contributed by atoms with Gasteiger partial charge in [0.15, 0.2) is 0 Å². The van der Waals surface area contributed by atoms with E-state index >= 15 is 0 Å². The van der Waals surface area contributed by atoms with Crippen molar-refractivity contribution in [3.8, 4) is 5.75 Å². The number of aromatic nitrogens is 2. The van der Waals surface area contributed by atoms with Gasteiger partial charge in [-0.05, 0) is 0 Å². The van der Waals surface area contributed by atoms with Crippen LogP contribution in [0, 0.1) is 10.1 Å². The van der Waals surface area contributed by atoms with Crippen LogP contribution < -0.4 is 10.5 Å². The molecular formula is C9H8N4O3. The summed E-state index contributed by atoms with van der Waals surface area (Å²) in [6, 6.07) is 1.46. The Morgan fingerprint density at radius 3 is 2.94 bits per heavy atom. The predicted molar refractivity (Wildman–Crippen MR) is 57.2 cm³/mol. The first-order valence-electron chi connectivity index (χ1n) is 4.35. The van der Waals surface area contributed by atoms with Crippen molar-refractivity contribution in [3.05, 3.63) is 28.7 Å². The van der Waals surface area contributed by atoms with Gasteiger partial charge < -0.3 is 10.5 Å². The topological polar surface area (TPSA) is 104 Å². The first kappa shape index (κ1) is 10.1. The normalized spacial score (nSPS) is 10.3. The van der Waals surface area contributed by atoms with Crippen LogP contribution in [0.15, 0.2) is 18.6 Å². The zero-order valence-corrected chi connectivity index (χ0v) is 8.38. The number of nitrogens with zero attached hydrogens (tertiary/aromatic N) is 3. The summed E-state index contributed by atoms with van der Waals surface area (Å²) in [6.45, 7) is 0. The molecule has 0 fully saturated rings. The Hall–Kier alpha value is -2.44. The SMILES string of the molecule is COc1cc2ncncc2c(N)c1[N+](=O)[O-]. The summed E-state index contributed by atoms with van der Waals surface area (Å²) in [4.78, 5) is 18.0. The summed E-state index contributed by atoms with van der Waals surface area (Å²) in [6.07, 6.45) is 2.77. The second-order valence-electron chi connectivity index (χ2n) is 3.05. The van der Waals surface area contributed by atoms with Gasteiger partial charge in [0.25, 0.3) is 0 Å². The van der Waals surface area contributed by atoms with Crippen molar-refractivity contribution >= 4 is 22.3 Å². The number of hydrogen-bond acceptors (Lipinski definition) is 6. The third-order valence-corrected chi connectivity index (χ3v) is 2.19. The molecule has 0 radical (unpaired) electrons. The van der Waals surface area contributed by atoms with Crippen LogP contribution in [-0.2, 0) is 0 Å². The number of ether oxygens (including phenoxy) is 1. The summed E-state index contributed by atoms with van der Waals surface area (Å²) >= 11 is 0. The number of anilines is 1. The third kappa shape index (κ3) is 1.38. The predicted octanol–water partition coefficient (Wildman–Crippen LogP) is 1.13. The van der Waals surface area contributed by atoms with Gasteiger partial charge in [-0.1, -0.05) is 0 Å². The van der Waals surface area contributed by atoms with Crippen molar-refractivity contribution in [2.75, 3.05) is 12.8 Å². The zero-order chi connectivity index (χ0) is 11.7. The van der Waals surface area contributed by atoms with Crippen LogP contribution in [0.5, 0.6) is 5.75 Å². The standard InChI is InChI=1S/C9H8N4O3/c1-16-7-2-6-5(3-11-4-12-6)8(10)9(7)13(14)15/h2-4H,10H2,1H3. The Bertz CT molecular complexity index is 570. The lowest BCUT2D eigenvalue weighted by Crippen LogP contribution is -2.00. The van der Waals surface area contributed by atoms with Crippen molar-refractivity contribution < 1.29 is 9.66 Å². The zero-order valence-electron chi connectivity index (χ0n) is 8.38. The minimum Gasteiger partial charge on any atom is -0.490 e. The molecule has 7 nitrogen and oxygen atoms in total. The highest BCUT2D eigenvalue weighted by molar-refractivity contribution is 5.96. The Morgan fingerprint density at radius 2 is 2.31 bits per heavy atom. The first-order chi connectivity index (χ1) is 7.65. The third-order valence-electron chi connectivity index (χ3n) is 2.19. The van der Waals surface area contributed by atoms with Crippen LogP contribution in [0.2, 0.25) is 0 Å². The van der Waals surface area contributed by atoms with Gasteiger partial charge in [0, 0.05) is 17.6 Å². The van der Waals surface area contributed by atoms with Crippen LogP contribution in [0.1, 0.15) is 0 Å². The number of nitro benzene ring substituents is 1. The Kier molecular flexibility index (Phi) is 2.28. The number of nitrogen functional groups attached to an aromatic ring is 1. The van der Waals surface area contributed by atoms with Crippen molar-refractivity contribution in [3.63, 3.8) is 0 Å². The summed E-state index contributed by atoms with van der Waals surface area (Å²) in [5.41, 5.74) is 5.96. The molecule has 1 heterocycles. The molecule has 16 heavy (non-hydrogen) atoms. The number of fused-ring (bicyclic) bond motifs is 1. The molecule has 0 atom stereocenters. The lowest BCUT2D eigenvalue weighted by atomic mass is 10.1. The number of methoxy groups -OCH3 is 1. The average molecular weight is 220 g/mol. The first-order valence-corrected chi connectivity index (χ1v) is 4.35. The number of hydrogen-bond donors (Lipinski definition) is 1. The van der Waals surface area contributed by atoms with Crippen LogP contribution in [0.3, 0.4) is 0 Å². The number of benzene rings is 1. The highest BCUT2D eigenvalue weighted by atomic mass is 16.6. The van der Waals surface area contributed by atoms with E-state index in [9.17, 15) is 10.1 Å². The number of rotatable bonds is 2. The molecule has 0 bridgehead atoms. The molecule has 0 unspecified atom stereocenters. The molecule has 2 aromatic rings. The second kappa shape index (κ2) is 3.61. The van der Waals surface area contributed by atoms with E-state index in [2.05, 4.69) is 9.97 Å². The van der Waals surface area contributed by atoms with Crippen molar-refractivity contribution in [1.29, 1.82) is 0 Å². The van der Waals surface area contributed by atoms with E-state index in [1.54, 1.807) is 0 Å². The van der Waals surface area contributed by atoms with Crippen molar-refractivity contribution in [2.45, 2.75) is 0 Å². The monoisotopic (exact) mass is 220 g/mol. The molecule has 7 heteroatoms. The molecule has 82 valence electrons. The smallest absolute Gasteiger partial charge is 0.334 e. The highest BCUT2D eigenvalue weighted by Crippen LogP contribution is 2.37. The molecule has 2 N–H and O–H groups in total. The van der Waals surface area contributed by atoms with E-state index in [1.807, 2.05) is 0 Å². The second-order valence-corrected chi connectivity index (χ2v) is 3.05. The molecule has 0 spiro atoms. The number of nitrogens with two attached hydrogens (primary N) is 1. The fraction of sp³-hybridized carbons (Fsp3) is 0.111. The van der Waals surface area contributed by atoms with E-state index in [0.29, 0.717) is 10.9 Å². The molecule has 0 aliphatic heterocycles. The largest absolute Gasteiger partial charge is 0.490 e. The van der Waals surface area contributed by atoms with E-state index in [-0.39, 0.29) is 17.1 Å². The Labute approximate surface area is 90.0 Å². The maximum atomic E-state index is 10.8. The van der Waals surface area contributed by atoms with Gasteiger partial charge in [-0.2, -0.15) is 0 Å². The van der Waals surface area contributed by atoms with E-state index in [1.165, 1.54) is 25.7 Å². The Balaban J connectivity index is 2.87. The Morgan fingerprint density at radius 1 is 1.56 bits per heavy atom. The van der Waals surface area contributed by atoms with Crippen molar-refractivity contribution in [2.24, 2.45) is 0 Å². The van der Waals surface area contributed by atoms with Crippen LogP contribution in [0.4, 0.5) is 11.4 Å². The lowest BCUT2D eigenvalue weighted by molar-refractivity contribution is -0.384. The molecule has 1 aromatic heterocycles. The fourth-order valence-corrected chi connectivity index (χ4v) is 1.46. The minimum absolute atomic E-state index is 0.0138. The maximum absolute atomic E-state index is 10.8. The lowest BCUT2D eigenvalue weighted by Gasteiger charge is -2.06. The van der Waals surface area contributed by atoms with Crippen LogP contribution >= 0.6 is 0 Å². The molecule has 1 aromatic carbocycles. The van der Waals surface area contributed by atoms with Gasteiger partial charge in [0.2, 0.25) is 5.75 Å². The van der Waals surface area contributed by atoms with E-state index in [4.69, 9.17) is 10.5 Å². The van der Waals surface area contributed by atoms with Gasteiger partial charge in [-0.3, -0.25) is 10.1 Å². The molecule has 0 amide bonds. The van der Waals surface area contributed by atoms with Gasteiger partial charge in [0.1, 0.15) is 12.0 Å². The summed E-state index contributed by atoms with van der Waals surface area (Å²) in [7, 11) is 1.34. The quantitative estimate of drug-likeness (QED) is 0.462. The van der Waals surface area contributed by atoms with Gasteiger partial charge >= 0.3 is 5.69 Å². The van der Waals surface area contributed by atoms with Gasteiger partial charge in [-0.15, -0.1) is 0 Å². The van der Waals surface area contributed by atoms with Crippen LogP contribution in [0.25, 0.3) is 10.9 Å². The molecular weight excluding hydrogens is 212 g/mol. The highest BCUT2D eigenvalue weighted by Gasteiger charge is 2.22. The maximum Gasteiger partial charge on any atom is 0.334 e. The summed E-state index contributed by atoms with van der Waals surface area (Å²) in [5.74, 6) is 0.0914. The number of nitro groups is 1. The van der Waals surface area contributed by atoms with E-state index < -0.39 is 4.92 Å². The fourth-order valence-electron chi connectivity index (χ4n) is 1.46. The van der Waals surface area contributed by atoms with E-state index in [0.717, 1.165) is 0 Å². The summed E-state index contributed by atoms with van der Waals surface area (Å²) < 4.78 is 4.91. The summed E-state index contributed by atoms with van der Waals surface area (Å²) in [5, 5.41) is 11.3. The van der Waals surface area contributed by atoms with Gasteiger partial charge in [-0.25, -0.2) is 9.97 Å². The van der Waals surface area contributed by atoms with Gasteiger partial charge in [0.05, 0.1) is 17.5 Å². The molecule has 0 aliphatic rings. The molecule has 0 saturated carbocycles. The molecule has 2 rings (SSSR count). The molecule has 0 saturated heterocycles. The van der Waals surface area contributed by atoms with Crippen molar-refractivity contribution in [1.82, 2.24) is 9.97 Å². The van der Waals surface area contributed by atoms with Crippen LogP contribution in [-0.4, -0.2) is 22.0 Å². The molecule has 0 aliphatic carbocycles.